The minimum atomic E-state index is -0.713. The molecule has 0 aliphatic heterocycles. The quantitative estimate of drug-likeness (QED) is 0.566. The fraction of sp³-hybridized carbons (Fsp3) is 0.875. The van der Waals surface area contributed by atoms with Gasteiger partial charge < -0.3 is 14.9 Å². The van der Waals surface area contributed by atoms with E-state index in [-0.39, 0.29) is 6.61 Å². The van der Waals surface area contributed by atoms with Gasteiger partial charge in [-0.1, -0.05) is 0 Å². The van der Waals surface area contributed by atoms with Crippen molar-refractivity contribution in [3.63, 3.8) is 0 Å². The van der Waals surface area contributed by atoms with Gasteiger partial charge in [0, 0.05) is 6.61 Å². The van der Waals surface area contributed by atoms with Gasteiger partial charge in [0.1, 0.15) is 0 Å². The van der Waals surface area contributed by atoms with Gasteiger partial charge >= 0.3 is 5.97 Å². The van der Waals surface area contributed by atoms with Crippen LogP contribution in [0.2, 0.25) is 0 Å². The standard InChI is InChI=1S/C8H14O4/c9-4-6-12-5-3-8(1-2-8)7(10)11/h9H,1-6H2,(H,10,11). The second kappa shape index (κ2) is 3.87. The predicted molar refractivity (Wildman–Crippen MR) is 41.8 cm³/mol. The normalized spacial score (nSPS) is 19.1. The third kappa shape index (κ3) is 2.19. The van der Waals surface area contributed by atoms with E-state index in [0.29, 0.717) is 19.6 Å². The molecule has 12 heavy (non-hydrogen) atoms. The Bertz CT molecular complexity index is 162. The molecule has 0 amide bonds. The Labute approximate surface area is 71.2 Å². The summed E-state index contributed by atoms with van der Waals surface area (Å²) < 4.78 is 5.00. The molecule has 0 radical (unpaired) electrons. The molecular weight excluding hydrogens is 160 g/mol. The Morgan fingerprint density at radius 1 is 1.42 bits per heavy atom. The topological polar surface area (TPSA) is 66.8 Å². The summed E-state index contributed by atoms with van der Waals surface area (Å²) in [6.45, 7) is 0.739. The second-order valence-corrected chi connectivity index (χ2v) is 3.17. The third-order valence-electron chi connectivity index (χ3n) is 2.27. The molecule has 0 spiro atoms. The van der Waals surface area contributed by atoms with Crippen LogP contribution in [0.5, 0.6) is 0 Å². The molecule has 0 saturated heterocycles. The number of aliphatic hydroxyl groups excluding tert-OH is 1. The van der Waals surface area contributed by atoms with Crippen LogP contribution in [0.15, 0.2) is 0 Å². The lowest BCUT2D eigenvalue weighted by Gasteiger charge is -2.08. The van der Waals surface area contributed by atoms with Crippen LogP contribution in [-0.4, -0.2) is 36.0 Å². The summed E-state index contributed by atoms with van der Waals surface area (Å²) in [7, 11) is 0. The summed E-state index contributed by atoms with van der Waals surface area (Å²) >= 11 is 0. The Balaban J connectivity index is 2.10. The van der Waals surface area contributed by atoms with E-state index in [4.69, 9.17) is 14.9 Å². The third-order valence-corrected chi connectivity index (χ3v) is 2.27. The first kappa shape index (κ1) is 9.48. The predicted octanol–water partition coefficient (Wildman–Crippen LogP) is 0.250. The first-order chi connectivity index (χ1) is 5.71. The molecule has 1 aliphatic carbocycles. The molecule has 0 atom stereocenters. The van der Waals surface area contributed by atoms with Crippen molar-refractivity contribution in [3.8, 4) is 0 Å². The van der Waals surface area contributed by atoms with E-state index in [0.717, 1.165) is 12.8 Å². The minimum Gasteiger partial charge on any atom is -0.481 e. The number of aliphatic carboxylic acids is 1. The smallest absolute Gasteiger partial charge is 0.309 e. The molecule has 0 aromatic heterocycles. The number of ether oxygens (including phenoxy) is 1. The molecule has 4 heteroatoms. The number of aliphatic hydroxyl groups is 1. The molecular formula is C8H14O4. The van der Waals surface area contributed by atoms with Gasteiger partial charge in [-0.2, -0.15) is 0 Å². The fourth-order valence-corrected chi connectivity index (χ4v) is 1.16. The maximum Gasteiger partial charge on any atom is 0.309 e. The van der Waals surface area contributed by atoms with Crippen molar-refractivity contribution >= 4 is 5.97 Å². The van der Waals surface area contributed by atoms with E-state index in [1.807, 2.05) is 0 Å². The van der Waals surface area contributed by atoms with E-state index in [1.165, 1.54) is 0 Å². The molecule has 1 saturated carbocycles. The first-order valence-electron chi connectivity index (χ1n) is 4.13. The van der Waals surface area contributed by atoms with E-state index in [2.05, 4.69) is 0 Å². The van der Waals surface area contributed by atoms with Gasteiger partial charge in [-0.05, 0) is 19.3 Å². The highest BCUT2D eigenvalue weighted by molar-refractivity contribution is 5.77. The van der Waals surface area contributed by atoms with Gasteiger partial charge in [-0.25, -0.2) is 0 Å². The molecule has 0 bridgehead atoms. The molecule has 1 fully saturated rings. The average Bonchev–Trinajstić information content (AvgIpc) is 2.79. The van der Waals surface area contributed by atoms with Gasteiger partial charge in [-0.3, -0.25) is 4.79 Å². The summed E-state index contributed by atoms with van der Waals surface area (Å²) in [6, 6.07) is 0. The van der Waals surface area contributed by atoms with E-state index < -0.39 is 11.4 Å². The van der Waals surface area contributed by atoms with Crippen LogP contribution in [0.1, 0.15) is 19.3 Å². The molecule has 0 heterocycles. The van der Waals surface area contributed by atoms with Crippen LogP contribution >= 0.6 is 0 Å². The van der Waals surface area contributed by atoms with E-state index in [1.54, 1.807) is 0 Å². The lowest BCUT2D eigenvalue weighted by Crippen LogP contribution is -2.17. The zero-order valence-corrected chi connectivity index (χ0v) is 6.95. The van der Waals surface area contributed by atoms with Crippen molar-refractivity contribution in [2.45, 2.75) is 19.3 Å². The summed E-state index contributed by atoms with van der Waals surface area (Å²) in [5.74, 6) is -0.713. The number of carboxylic acid groups (broad SMARTS) is 1. The number of carbonyl (C=O) groups is 1. The first-order valence-corrected chi connectivity index (χ1v) is 4.13. The Hall–Kier alpha value is -0.610. The summed E-state index contributed by atoms with van der Waals surface area (Å²) in [5.41, 5.74) is -0.491. The molecule has 0 aromatic carbocycles. The Morgan fingerprint density at radius 2 is 2.08 bits per heavy atom. The molecule has 0 aromatic rings. The highest BCUT2D eigenvalue weighted by Gasteiger charge is 2.49. The Morgan fingerprint density at radius 3 is 2.50 bits per heavy atom. The molecule has 0 unspecified atom stereocenters. The zero-order valence-electron chi connectivity index (χ0n) is 6.95. The van der Waals surface area contributed by atoms with E-state index in [9.17, 15) is 4.79 Å². The highest BCUT2D eigenvalue weighted by Crippen LogP contribution is 2.48. The number of carboxylic acids is 1. The number of hydrogen-bond donors (Lipinski definition) is 2. The summed E-state index contributed by atoms with van der Waals surface area (Å²) in [4.78, 5) is 10.6. The van der Waals surface area contributed by atoms with Crippen molar-refractivity contribution in [3.05, 3.63) is 0 Å². The average molecular weight is 174 g/mol. The second-order valence-electron chi connectivity index (χ2n) is 3.17. The van der Waals surface area contributed by atoms with Crippen LogP contribution in [0.25, 0.3) is 0 Å². The van der Waals surface area contributed by atoms with Crippen molar-refractivity contribution < 1.29 is 19.7 Å². The van der Waals surface area contributed by atoms with Crippen molar-refractivity contribution in [2.75, 3.05) is 19.8 Å². The van der Waals surface area contributed by atoms with Crippen molar-refractivity contribution in [2.24, 2.45) is 5.41 Å². The maximum atomic E-state index is 10.6. The summed E-state index contributed by atoms with van der Waals surface area (Å²) in [6.07, 6.45) is 2.11. The molecule has 1 aliphatic rings. The molecule has 70 valence electrons. The zero-order chi connectivity index (χ0) is 9.03. The van der Waals surface area contributed by atoms with Crippen molar-refractivity contribution in [1.82, 2.24) is 0 Å². The minimum absolute atomic E-state index is 0.0000709. The Kier molecular flexibility index (Phi) is 3.05. The van der Waals surface area contributed by atoms with Crippen LogP contribution < -0.4 is 0 Å². The number of rotatable bonds is 6. The molecule has 1 rings (SSSR count). The largest absolute Gasteiger partial charge is 0.481 e. The summed E-state index contributed by atoms with van der Waals surface area (Å²) in [5, 5.41) is 17.1. The van der Waals surface area contributed by atoms with Gasteiger partial charge in [0.15, 0.2) is 0 Å². The fourth-order valence-electron chi connectivity index (χ4n) is 1.16. The monoisotopic (exact) mass is 174 g/mol. The SMILES string of the molecule is O=C(O)C1(CCOCCO)CC1. The van der Waals surface area contributed by atoms with E-state index >= 15 is 0 Å². The van der Waals surface area contributed by atoms with Gasteiger partial charge in [0.2, 0.25) is 0 Å². The molecule has 4 nitrogen and oxygen atoms in total. The van der Waals surface area contributed by atoms with Crippen LogP contribution in [0.3, 0.4) is 0 Å². The highest BCUT2D eigenvalue weighted by atomic mass is 16.5. The van der Waals surface area contributed by atoms with Crippen LogP contribution in [0.4, 0.5) is 0 Å². The molecule has 2 N–H and O–H groups in total. The lowest BCUT2D eigenvalue weighted by molar-refractivity contribution is -0.144. The maximum absolute atomic E-state index is 10.6. The van der Waals surface area contributed by atoms with Crippen molar-refractivity contribution in [1.29, 1.82) is 0 Å². The van der Waals surface area contributed by atoms with Gasteiger partial charge in [0.05, 0.1) is 18.6 Å². The van der Waals surface area contributed by atoms with Gasteiger partial charge in [-0.15, -0.1) is 0 Å². The number of hydrogen-bond acceptors (Lipinski definition) is 3. The van der Waals surface area contributed by atoms with Crippen LogP contribution in [0, 0.1) is 5.41 Å². The lowest BCUT2D eigenvalue weighted by atomic mass is 10.0. The van der Waals surface area contributed by atoms with Gasteiger partial charge in [0.25, 0.3) is 0 Å². The van der Waals surface area contributed by atoms with Crippen LogP contribution in [-0.2, 0) is 9.53 Å².